The van der Waals surface area contributed by atoms with Crippen molar-refractivity contribution < 1.29 is 0 Å². The van der Waals surface area contributed by atoms with Gasteiger partial charge in [0.1, 0.15) is 0 Å². The molecule has 2 nitrogen and oxygen atoms in total. The lowest BCUT2D eigenvalue weighted by molar-refractivity contribution is 1.21. The van der Waals surface area contributed by atoms with E-state index in [1.165, 1.54) is 40.9 Å². The van der Waals surface area contributed by atoms with Crippen LogP contribution < -0.4 is 30.5 Å². The van der Waals surface area contributed by atoms with E-state index in [9.17, 15) is 0 Å². The second-order valence-electron chi connectivity index (χ2n) is 14.9. The van der Waals surface area contributed by atoms with Crippen LogP contribution in [-0.4, -0.2) is 8.07 Å². The number of hydrogen-bond donors (Lipinski definition) is 0. The number of allylic oxidation sites excluding steroid dienone is 5. The third kappa shape index (κ3) is 6.82. The van der Waals surface area contributed by atoms with E-state index in [0.29, 0.717) is 0 Å². The van der Waals surface area contributed by atoms with Crippen molar-refractivity contribution in [2.45, 2.75) is 6.42 Å². The molecule has 0 fully saturated rings. The van der Waals surface area contributed by atoms with Gasteiger partial charge in [0, 0.05) is 54.3 Å². The summed E-state index contributed by atoms with van der Waals surface area (Å²) >= 11 is 1.86. The minimum absolute atomic E-state index is 0.911. The van der Waals surface area contributed by atoms with Crippen LogP contribution in [0.25, 0.3) is 20.2 Å². The van der Waals surface area contributed by atoms with Gasteiger partial charge in [0.05, 0.1) is 0 Å². The number of hydrogen-bond acceptors (Lipinski definition) is 3. The second-order valence-corrected chi connectivity index (χ2v) is 19.8. The van der Waals surface area contributed by atoms with Gasteiger partial charge < -0.3 is 9.80 Å². The summed E-state index contributed by atoms with van der Waals surface area (Å²) < 4.78 is 2.61. The highest BCUT2D eigenvalue weighted by Gasteiger charge is 2.42. The summed E-state index contributed by atoms with van der Waals surface area (Å²) in [7, 11) is -2.99. The summed E-state index contributed by atoms with van der Waals surface area (Å²) in [6.45, 7) is 0. The highest BCUT2D eigenvalue weighted by atomic mass is 32.1. The van der Waals surface area contributed by atoms with Gasteiger partial charge in [0.15, 0.2) is 8.07 Å². The molecule has 8 aromatic carbocycles. The summed E-state index contributed by atoms with van der Waals surface area (Å²) in [6.07, 6.45) is 12.0. The van der Waals surface area contributed by atoms with E-state index in [4.69, 9.17) is 0 Å². The van der Waals surface area contributed by atoms with Gasteiger partial charge in [-0.15, -0.1) is 11.3 Å². The van der Waals surface area contributed by atoms with Crippen molar-refractivity contribution in [1.82, 2.24) is 0 Å². The van der Waals surface area contributed by atoms with Crippen molar-refractivity contribution in [2.24, 2.45) is 0 Å². The van der Waals surface area contributed by atoms with Crippen LogP contribution in [0, 0.1) is 0 Å². The van der Waals surface area contributed by atoms with E-state index < -0.39 is 8.07 Å². The molecule has 4 heteroatoms. The molecular weight excluding hydrogens is 749 g/mol. The molecule has 9 aromatic rings. The summed E-state index contributed by atoms with van der Waals surface area (Å²) in [5.74, 6) is 0. The van der Waals surface area contributed by atoms with Gasteiger partial charge in [0.25, 0.3) is 0 Å². The summed E-state index contributed by atoms with van der Waals surface area (Å²) in [4.78, 5) is 4.82. The molecule has 1 heterocycles. The maximum Gasteiger partial charge on any atom is 0.179 e. The topological polar surface area (TPSA) is 6.48 Å². The fourth-order valence-corrected chi connectivity index (χ4v) is 14.6. The predicted molar refractivity (Wildman–Crippen MR) is 257 cm³/mol. The Morgan fingerprint density at radius 2 is 0.864 bits per heavy atom. The summed E-state index contributed by atoms with van der Waals surface area (Å²) in [6, 6.07) is 78.4. The number of benzene rings is 8. The van der Waals surface area contributed by atoms with E-state index in [1.807, 2.05) is 11.3 Å². The Balaban J connectivity index is 1.21. The standard InChI is InChI=1S/C55H42N2SSi/c1-2-8-22-42(21-7-1)56(43-23-9-3-10-24-43)45-27-19-33-50(39-45)59(48-29-13-5-14-30-48,49-31-15-6-16-32-49)51-34-20-28-46(40-51)57(44-25-11-4-12-26-44)47-37-38-55-53(41-47)52-35-17-18-36-54(52)58-55/h1,3-41H,2H2. The fourth-order valence-electron chi connectivity index (χ4n) is 8.75. The molecule has 10 rings (SSSR count). The molecule has 1 aliphatic carbocycles. The van der Waals surface area contributed by atoms with Crippen LogP contribution >= 0.6 is 11.3 Å². The number of nitrogens with zero attached hydrogens (tertiary/aromatic N) is 2. The van der Waals surface area contributed by atoms with E-state index in [1.54, 1.807) is 0 Å². The fraction of sp³-hybridized carbons (Fsp3) is 0.0182. The molecule has 0 saturated heterocycles. The zero-order valence-electron chi connectivity index (χ0n) is 32.6. The quantitative estimate of drug-likeness (QED) is 0.101. The molecule has 0 unspecified atom stereocenters. The molecule has 0 bridgehead atoms. The second kappa shape index (κ2) is 16.1. The van der Waals surface area contributed by atoms with Crippen molar-refractivity contribution in [3.63, 3.8) is 0 Å². The molecule has 282 valence electrons. The Labute approximate surface area is 351 Å². The SMILES string of the molecule is C1=CCC=CC(N(c2ccccc2)c2cccc([Si](c3ccccc3)(c3ccccc3)c3cccc(N(c4ccccc4)c4ccc5sc6ccccc6c5c4)c3)c2)=C1. The number of para-hydroxylation sites is 2. The number of fused-ring (bicyclic) bond motifs is 3. The van der Waals surface area contributed by atoms with E-state index >= 15 is 0 Å². The van der Waals surface area contributed by atoms with Crippen LogP contribution in [-0.2, 0) is 0 Å². The number of anilines is 5. The van der Waals surface area contributed by atoms with Crippen molar-refractivity contribution in [1.29, 1.82) is 0 Å². The lowest BCUT2D eigenvalue weighted by atomic mass is 10.1. The molecule has 0 N–H and O–H groups in total. The Bertz CT molecular complexity index is 2930. The normalized spacial score (nSPS) is 12.6. The molecule has 0 saturated carbocycles. The van der Waals surface area contributed by atoms with Crippen molar-refractivity contribution in [3.05, 3.63) is 248 Å². The lowest BCUT2D eigenvalue weighted by Gasteiger charge is -2.36. The Morgan fingerprint density at radius 1 is 0.373 bits per heavy atom. The van der Waals surface area contributed by atoms with E-state index in [2.05, 4.69) is 253 Å². The van der Waals surface area contributed by atoms with Gasteiger partial charge in [-0.2, -0.15) is 0 Å². The Hall–Kier alpha value is -6.98. The van der Waals surface area contributed by atoms with Gasteiger partial charge >= 0.3 is 0 Å². The zero-order valence-corrected chi connectivity index (χ0v) is 34.4. The Kier molecular flexibility index (Phi) is 9.93. The highest BCUT2D eigenvalue weighted by Crippen LogP contribution is 2.40. The molecule has 59 heavy (non-hydrogen) atoms. The Morgan fingerprint density at radius 3 is 1.51 bits per heavy atom. The highest BCUT2D eigenvalue weighted by molar-refractivity contribution is 7.25. The average molecular weight is 791 g/mol. The van der Waals surface area contributed by atoms with Crippen LogP contribution in [0.4, 0.5) is 28.4 Å². The minimum atomic E-state index is -2.99. The molecule has 0 amide bonds. The molecule has 0 spiro atoms. The number of thiophene rings is 1. The maximum atomic E-state index is 2.47. The molecule has 1 aliphatic rings. The van der Waals surface area contributed by atoms with Gasteiger partial charge in [0.2, 0.25) is 0 Å². The van der Waals surface area contributed by atoms with Gasteiger partial charge in [-0.3, -0.25) is 0 Å². The first kappa shape index (κ1) is 36.4. The van der Waals surface area contributed by atoms with Crippen LogP contribution in [0.3, 0.4) is 0 Å². The molecule has 0 atom stereocenters. The summed E-state index contributed by atoms with van der Waals surface area (Å²) in [5, 5.41) is 7.88. The monoisotopic (exact) mass is 790 g/mol. The van der Waals surface area contributed by atoms with Crippen molar-refractivity contribution >= 4 is 88.8 Å². The van der Waals surface area contributed by atoms with E-state index in [-0.39, 0.29) is 0 Å². The minimum Gasteiger partial charge on any atom is -0.311 e. The van der Waals surface area contributed by atoms with Crippen LogP contribution in [0.5, 0.6) is 0 Å². The average Bonchev–Trinajstić information content (AvgIpc) is 3.46. The van der Waals surface area contributed by atoms with Crippen LogP contribution in [0.15, 0.2) is 248 Å². The lowest BCUT2D eigenvalue weighted by Crippen LogP contribution is -2.74. The molecular formula is C55H42N2SSi. The first-order valence-corrected chi connectivity index (χ1v) is 23.1. The molecule has 0 radical (unpaired) electrons. The third-order valence-electron chi connectivity index (χ3n) is 11.4. The first-order valence-electron chi connectivity index (χ1n) is 20.2. The predicted octanol–water partition coefficient (Wildman–Crippen LogP) is 12.4. The van der Waals surface area contributed by atoms with Gasteiger partial charge in [-0.05, 0) is 112 Å². The largest absolute Gasteiger partial charge is 0.311 e. The summed E-state index contributed by atoms with van der Waals surface area (Å²) in [5.41, 5.74) is 6.76. The van der Waals surface area contributed by atoms with E-state index in [0.717, 1.165) is 40.6 Å². The molecule has 0 aliphatic heterocycles. The van der Waals surface area contributed by atoms with Gasteiger partial charge in [-0.25, -0.2) is 0 Å². The third-order valence-corrected chi connectivity index (χ3v) is 17.3. The van der Waals surface area contributed by atoms with Gasteiger partial charge in [-0.1, -0.05) is 158 Å². The first-order chi connectivity index (χ1) is 29.3. The van der Waals surface area contributed by atoms with Crippen LogP contribution in [0.1, 0.15) is 6.42 Å². The maximum absolute atomic E-state index is 2.99. The smallest absolute Gasteiger partial charge is 0.179 e. The van der Waals surface area contributed by atoms with Crippen molar-refractivity contribution in [3.8, 4) is 0 Å². The number of rotatable bonds is 10. The van der Waals surface area contributed by atoms with Crippen molar-refractivity contribution in [2.75, 3.05) is 9.80 Å². The molecule has 1 aromatic heterocycles. The van der Waals surface area contributed by atoms with Crippen LogP contribution in [0.2, 0.25) is 0 Å². The zero-order chi connectivity index (χ0) is 39.4.